The Labute approximate surface area is 74.2 Å². The van der Waals surface area contributed by atoms with Gasteiger partial charge in [-0.1, -0.05) is 41.0 Å². The van der Waals surface area contributed by atoms with Crippen LogP contribution in [0.5, 0.6) is 0 Å². The molecule has 70 valence electrons. The normalized spacial score (nSPS) is 12.6. The lowest BCUT2D eigenvalue weighted by Crippen LogP contribution is -2.24. The molecule has 0 unspecified atom stereocenters. The lowest BCUT2D eigenvalue weighted by atomic mass is 10.0. The summed E-state index contributed by atoms with van der Waals surface area (Å²) in [6.07, 6.45) is 1.90. The largest absolute Gasteiger partial charge is 0.306 e. The predicted molar refractivity (Wildman–Crippen MR) is 54.0 cm³/mol. The molecule has 0 saturated carbocycles. The van der Waals surface area contributed by atoms with Crippen molar-refractivity contribution in [2.75, 3.05) is 20.1 Å². The molecular weight excluding hydrogens is 134 g/mol. The standard InChI is InChI=1S/C9H21N.CH4/c1-5-9(6-2)8-10(4)7-3;/h9H,5-8H2,1-4H3;1H4/i9T;. The fourth-order valence-electron chi connectivity index (χ4n) is 0.967. The Morgan fingerprint density at radius 3 is 2.00 bits per heavy atom. The summed E-state index contributed by atoms with van der Waals surface area (Å²) in [6, 6.07) is 0. The minimum Gasteiger partial charge on any atom is -0.306 e. The van der Waals surface area contributed by atoms with Gasteiger partial charge in [-0.3, -0.25) is 0 Å². The topological polar surface area (TPSA) is 3.24 Å². The second kappa shape index (κ2) is 8.06. The first-order valence-corrected chi connectivity index (χ1v) is 4.26. The van der Waals surface area contributed by atoms with E-state index in [1.807, 2.05) is 0 Å². The molecule has 0 N–H and O–H groups in total. The van der Waals surface area contributed by atoms with E-state index in [9.17, 15) is 0 Å². The van der Waals surface area contributed by atoms with E-state index in [-0.39, 0.29) is 13.3 Å². The Kier molecular flexibility index (Phi) is 8.03. The van der Waals surface area contributed by atoms with Crippen LogP contribution in [0.3, 0.4) is 0 Å². The third-order valence-electron chi connectivity index (χ3n) is 2.03. The van der Waals surface area contributed by atoms with E-state index in [1.54, 1.807) is 0 Å². The average molecular weight is 161 g/mol. The summed E-state index contributed by atoms with van der Waals surface area (Å²) in [6.45, 7) is 8.27. The van der Waals surface area contributed by atoms with E-state index >= 15 is 0 Å². The molecule has 11 heavy (non-hydrogen) atoms. The molecule has 0 bridgehead atoms. The Balaban J connectivity index is 0. The van der Waals surface area contributed by atoms with Crippen molar-refractivity contribution in [3.05, 3.63) is 0 Å². The van der Waals surface area contributed by atoms with Gasteiger partial charge in [0.05, 0.1) is 0 Å². The predicted octanol–water partition coefficient (Wildman–Crippen LogP) is 3.01. The summed E-state index contributed by atoms with van der Waals surface area (Å²) in [7, 11) is 2.08. The van der Waals surface area contributed by atoms with Gasteiger partial charge < -0.3 is 4.90 Å². The maximum absolute atomic E-state index is 8.01. The van der Waals surface area contributed by atoms with Crippen molar-refractivity contribution >= 4 is 0 Å². The van der Waals surface area contributed by atoms with Gasteiger partial charge in [0.15, 0.2) is 0 Å². The second-order valence-corrected chi connectivity index (χ2v) is 2.79. The zero-order chi connectivity index (χ0) is 8.91. The van der Waals surface area contributed by atoms with Gasteiger partial charge in [-0.15, -0.1) is 0 Å². The highest BCUT2D eigenvalue weighted by Crippen LogP contribution is 2.07. The first-order valence-electron chi connectivity index (χ1n) is 4.76. The molecule has 0 aromatic rings. The van der Waals surface area contributed by atoms with Gasteiger partial charge in [-0.05, 0) is 19.5 Å². The summed E-state index contributed by atoms with van der Waals surface area (Å²) >= 11 is 0. The summed E-state index contributed by atoms with van der Waals surface area (Å²) in [5.41, 5.74) is 0. The quantitative estimate of drug-likeness (QED) is 0.599. The molecule has 0 atom stereocenters. The highest BCUT2D eigenvalue weighted by Gasteiger charge is 2.04. The van der Waals surface area contributed by atoms with E-state index < -0.39 is 0 Å². The van der Waals surface area contributed by atoms with Crippen molar-refractivity contribution in [1.29, 1.82) is 0 Å². The van der Waals surface area contributed by atoms with Crippen LogP contribution in [0.15, 0.2) is 0 Å². The fourth-order valence-corrected chi connectivity index (χ4v) is 0.967. The monoisotopic (exact) mass is 161 g/mol. The number of hydrogen-bond donors (Lipinski definition) is 0. The number of rotatable bonds is 5. The van der Waals surface area contributed by atoms with Crippen LogP contribution in [-0.4, -0.2) is 25.0 Å². The van der Waals surface area contributed by atoms with Crippen LogP contribution in [0, 0.1) is 5.89 Å². The lowest BCUT2D eigenvalue weighted by molar-refractivity contribution is 0.278. The third kappa shape index (κ3) is 6.36. The first-order chi connectivity index (χ1) is 5.08. The maximum Gasteiger partial charge on any atom is 0.0316 e. The molecule has 1 nitrogen and oxygen atoms in total. The minimum atomic E-state index is -0.217. The van der Waals surface area contributed by atoms with E-state index in [0.29, 0.717) is 0 Å². The highest BCUT2D eigenvalue weighted by atomic mass is 15.1. The number of hydrogen-bond acceptors (Lipinski definition) is 1. The van der Waals surface area contributed by atoms with Crippen LogP contribution in [0.2, 0.25) is 0 Å². The fraction of sp³-hybridized carbons (Fsp3) is 1.00. The van der Waals surface area contributed by atoms with Gasteiger partial charge in [-0.2, -0.15) is 0 Å². The van der Waals surface area contributed by atoms with Crippen molar-refractivity contribution in [2.45, 2.75) is 41.0 Å². The van der Waals surface area contributed by atoms with Crippen LogP contribution in [-0.2, 0) is 0 Å². The molecular formula is C10H25N. The van der Waals surface area contributed by atoms with Gasteiger partial charge >= 0.3 is 0 Å². The van der Waals surface area contributed by atoms with Crippen molar-refractivity contribution in [3.8, 4) is 0 Å². The lowest BCUT2D eigenvalue weighted by Gasteiger charge is -2.20. The van der Waals surface area contributed by atoms with Crippen molar-refractivity contribution in [2.24, 2.45) is 5.89 Å². The molecule has 0 amide bonds. The van der Waals surface area contributed by atoms with E-state index in [0.717, 1.165) is 25.9 Å². The molecule has 0 aliphatic carbocycles. The molecule has 0 aliphatic rings. The second-order valence-electron chi connectivity index (χ2n) is 2.79. The van der Waals surface area contributed by atoms with Crippen LogP contribution in [0.4, 0.5) is 0 Å². The zero-order valence-electron chi connectivity index (χ0n) is 8.78. The zero-order valence-corrected chi connectivity index (χ0v) is 7.78. The molecule has 0 radical (unpaired) electrons. The minimum absolute atomic E-state index is 0. The molecule has 0 aliphatic heterocycles. The van der Waals surface area contributed by atoms with Gasteiger partial charge in [0, 0.05) is 7.92 Å². The summed E-state index contributed by atoms with van der Waals surface area (Å²) in [5, 5.41) is 0. The Morgan fingerprint density at radius 1 is 1.27 bits per heavy atom. The Hall–Kier alpha value is -0.0400. The van der Waals surface area contributed by atoms with E-state index in [2.05, 4.69) is 32.7 Å². The summed E-state index contributed by atoms with van der Waals surface area (Å²) < 4.78 is 8.01. The Bertz CT molecular complexity index is 100. The van der Waals surface area contributed by atoms with Crippen LogP contribution in [0.25, 0.3) is 0 Å². The maximum atomic E-state index is 8.01. The van der Waals surface area contributed by atoms with Gasteiger partial charge in [-0.25, -0.2) is 0 Å². The SMILES string of the molecule is C.[3H]C(CC)(CC)CN(C)CC. The molecule has 1 heteroatoms. The van der Waals surface area contributed by atoms with Gasteiger partial charge in [0.1, 0.15) is 0 Å². The Morgan fingerprint density at radius 2 is 1.73 bits per heavy atom. The molecule has 0 saturated heterocycles. The van der Waals surface area contributed by atoms with Crippen molar-refractivity contribution in [3.63, 3.8) is 0 Å². The van der Waals surface area contributed by atoms with Crippen LogP contribution >= 0.6 is 0 Å². The van der Waals surface area contributed by atoms with Crippen LogP contribution < -0.4 is 0 Å². The summed E-state index contributed by atoms with van der Waals surface area (Å²) in [5.74, 6) is -0.217. The van der Waals surface area contributed by atoms with Crippen molar-refractivity contribution < 1.29 is 1.37 Å². The smallest absolute Gasteiger partial charge is 0.0316 e. The highest BCUT2D eigenvalue weighted by molar-refractivity contribution is 4.58. The number of nitrogens with zero attached hydrogens (tertiary/aromatic N) is 1. The third-order valence-corrected chi connectivity index (χ3v) is 2.03. The molecule has 0 heterocycles. The van der Waals surface area contributed by atoms with Gasteiger partial charge in [0.25, 0.3) is 0 Å². The molecule has 0 aromatic carbocycles. The summed E-state index contributed by atoms with van der Waals surface area (Å²) in [4.78, 5) is 2.21. The average Bonchev–Trinajstić information content (AvgIpc) is 2.04. The molecule has 0 rings (SSSR count). The van der Waals surface area contributed by atoms with Crippen LogP contribution in [0.1, 0.15) is 42.4 Å². The van der Waals surface area contributed by atoms with Crippen molar-refractivity contribution in [1.82, 2.24) is 4.90 Å². The van der Waals surface area contributed by atoms with E-state index in [4.69, 9.17) is 1.37 Å². The molecule has 0 aromatic heterocycles. The van der Waals surface area contributed by atoms with Gasteiger partial charge in [0.2, 0.25) is 0 Å². The van der Waals surface area contributed by atoms with E-state index in [1.165, 1.54) is 0 Å². The molecule has 0 spiro atoms. The first kappa shape index (κ1) is 11.0. The molecule has 0 fully saturated rings.